The molecule has 5 heteroatoms. The number of hydrogen-bond acceptors (Lipinski definition) is 3. The van der Waals surface area contributed by atoms with Gasteiger partial charge >= 0.3 is 11.9 Å². The Labute approximate surface area is 145 Å². The van der Waals surface area contributed by atoms with Crippen LogP contribution in [0.4, 0.5) is 0 Å². The fourth-order valence-electron chi connectivity index (χ4n) is 2.24. The number of pyridine rings is 1. The fraction of sp³-hybridized carbons (Fsp3) is 0.0500. The molecule has 0 saturated carbocycles. The van der Waals surface area contributed by atoms with Crippen LogP contribution in [0.2, 0.25) is 0 Å². The zero-order valence-electron chi connectivity index (χ0n) is 13.6. The number of carboxylic acids is 2. The van der Waals surface area contributed by atoms with Crippen molar-refractivity contribution < 1.29 is 19.8 Å². The Kier molecular flexibility index (Phi) is 6.01. The molecule has 0 aliphatic carbocycles. The van der Waals surface area contributed by atoms with Gasteiger partial charge in [-0.1, -0.05) is 42.5 Å². The van der Waals surface area contributed by atoms with E-state index in [0.29, 0.717) is 0 Å². The predicted molar refractivity (Wildman–Crippen MR) is 94.8 cm³/mol. The maximum Gasteiger partial charge on any atom is 0.335 e. The number of aromatic carboxylic acids is 2. The van der Waals surface area contributed by atoms with Crippen molar-refractivity contribution in [3.8, 4) is 11.3 Å². The van der Waals surface area contributed by atoms with Gasteiger partial charge in [-0.15, -0.1) is 0 Å². The number of rotatable bonds is 3. The standard InChI is InChI=1S/C11H9N.C9H8O4/c1-2-6-10(7-3-1)11-8-4-5-9-12-11;1-5-6(8(10)11)3-2-4-7(5)9(12)13/h1-9H;2-4H,1H3,(H,10,11)(H,12,13). The third kappa shape index (κ3) is 4.75. The van der Waals surface area contributed by atoms with E-state index in [4.69, 9.17) is 10.2 Å². The first-order valence-corrected chi connectivity index (χ1v) is 7.53. The third-order valence-electron chi connectivity index (χ3n) is 3.53. The van der Waals surface area contributed by atoms with Gasteiger partial charge in [-0.2, -0.15) is 0 Å². The number of aromatic nitrogens is 1. The van der Waals surface area contributed by atoms with Crippen molar-refractivity contribution in [2.24, 2.45) is 0 Å². The Balaban J connectivity index is 0.000000181. The SMILES string of the molecule is Cc1c(C(=O)O)cccc1C(=O)O.c1ccc(-c2ccccn2)cc1. The van der Waals surface area contributed by atoms with Gasteiger partial charge in [0.2, 0.25) is 0 Å². The lowest BCUT2D eigenvalue weighted by Crippen LogP contribution is -2.06. The smallest absolute Gasteiger partial charge is 0.335 e. The van der Waals surface area contributed by atoms with Gasteiger partial charge in [0.05, 0.1) is 16.8 Å². The highest BCUT2D eigenvalue weighted by atomic mass is 16.4. The van der Waals surface area contributed by atoms with E-state index in [-0.39, 0.29) is 16.7 Å². The number of nitrogens with zero attached hydrogens (tertiary/aromatic N) is 1. The summed E-state index contributed by atoms with van der Waals surface area (Å²) in [5, 5.41) is 17.4. The monoisotopic (exact) mass is 335 g/mol. The molecular formula is C20H17NO4. The van der Waals surface area contributed by atoms with Crippen LogP contribution in [0.25, 0.3) is 11.3 Å². The Bertz CT molecular complexity index is 792. The Morgan fingerprint density at radius 2 is 1.32 bits per heavy atom. The van der Waals surface area contributed by atoms with Crippen molar-refractivity contribution in [2.45, 2.75) is 6.92 Å². The molecule has 0 radical (unpaired) electrons. The van der Waals surface area contributed by atoms with Gasteiger partial charge in [-0.05, 0) is 36.8 Å². The summed E-state index contributed by atoms with van der Waals surface area (Å²) < 4.78 is 0. The second-order valence-corrected chi connectivity index (χ2v) is 5.17. The lowest BCUT2D eigenvalue weighted by Gasteiger charge is -2.03. The Morgan fingerprint density at radius 1 is 0.760 bits per heavy atom. The van der Waals surface area contributed by atoms with Gasteiger partial charge in [-0.25, -0.2) is 9.59 Å². The third-order valence-corrected chi connectivity index (χ3v) is 3.53. The molecule has 3 aromatic rings. The molecule has 0 amide bonds. The molecule has 1 aromatic heterocycles. The average molecular weight is 335 g/mol. The molecule has 126 valence electrons. The first kappa shape index (κ1) is 17.9. The van der Waals surface area contributed by atoms with E-state index in [0.717, 1.165) is 11.3 Å². The minimum absolute atomic E-state index is 0.0277. The molecule has 3 rings (SSSR count). The van der Waals surface area contributed by atoms with Gasteiger partial charge in [0.1, 0.15) is 0 Å². The predicted octanol–water partition coefficient (Wildman–Crippen LogP) is 4.14. The van der Waals surface area contributed by atoms with E-state index < -0.39 is 11.9 Å². The van der Waals surface area contributed by atoms with Crippen molar-refractivity contribution in [3.05, 3.63) is 89.6 Å². The van der Waals surface area contributed by atoms with Crippen molar-refractivity contribution in [1.82, 2.24) is 4.98 Å². The quantitative estimate of drug-likeness (QED) is 0.751. The molecule has 0 aliphatic rings. The topological polar surface area (TPSA) is 87.5 Å². The van der Waals surface area contributed by atoms with Crippen LogP contribution in [0, 0.1) is 6.92 Å². The lowest BCUT2D eigenvalue weighted by molar-refractivity contribution is 0.0696. The van der Waals surface area contributed by atoms with Crippen molar-refractivity contribution in [1.29, 1.82) is 0 Å². The summed E-state index contributed by atoms with van der Waals surface area (Å²) in [5.41, 5.74) is 2.53. The summed E-state index contributed by atoms with van der Waals surface area (Å²) in [6.07, 6.45) is 1.81. The highest BCUT2D eigenvalue weighted by Gasteiger charge is 2.13. The van der Waals surface area contributed by atoms with E-state index in [1.807, 2.05) is 42.6 Å². The summed E-state index contributed by atoms with van der Waals surface area (Å²) in [6, 6.07) is 20.3. The van der Waals surface area contributed by atoms with Crippen molar-refractivity contribution in [3.63, 3.8) is 0 Å². The van der Waals surface area contributed by atoms with E-state index in [9.17, 15) is 9.59 Å². The molecule has 5 nitrogen and oxygen atoms in total. The normalized spacial score (nSPS) is 9.64. The molecule has 25 heavy (non-hydrogen) atoms. The second-order valence-electron chi connectivity index (χ2n) is 5.17. The van der Waals surface area contributed by atoms with Crippen molar-refractivity contribution >= 4 is 11.9 Å². The summed E-state index contributed by atoms with van der Waals surface area (Å²) in [7, 11) is 0. The van der Waals surface area contributed by atoms with Crippen LogP contribution < -0.4 is 0 Å². The molecule has 0 atom stereocenters. The van der Waals surface area contributed by atoms with Crippen LogP contribution in [0.3, 0.4) is 0 Å². The second kappa shape index (κ2) is 8.40. The van der Waals surface area contributed by atoms with Crippen LogP contribution in [0.5, 0.6) is 0 Å². The maximum atomic E-state index is 10.6. The van der Waals surface area contributed by atoms with Gasteiger partial charge in [0, 0.05) is 11.8 Å². The number of hydrogen-bond donors (Lipinski definition) is 2. The Hall–Kier alpha value is -3.47. The average Bonchev–Trinajstić information content (AvgIpc) is 2.63. The van der Waals surface area contributed by atoms with Crippen LogP contribution in [-0.4, -0.2) is 27.1 Å². The minimum atomic E-state index is -1.11. The number of carboxylic acid groups (broad SMARTS) is 2. The molecular weight excluding hydrogens is 318 g/mol. The molecule has 2 aromatic carbocycles. The fourth-order valence-corrected chi connectivity index (χ4v) is 2.24. The molecule has 2 N–H and O–H groups in total. The molecule has 0 aliphatic heterocycles. The maximum absolute atomic E-state index is 10.6. The summed E-state index contributed by atoms with van der Waals surface area (Å²) in [6.45, 7) is 1.48. The van der Waals surface area contributed by atoms with E-state index >= 15 is 0 Å². The first-order valence-electron chi connectivity index (χ1n) is 7.53. The van der Waals surface area contributed by atoms with Crippen LogP contribution in [0.15, 0.2) is 72.9 Å². The molecule has 0 saturated heterocycles. The van der Waals surface area contributed by atoms with Crippen LogP contribution in [0.1, 0.15) is 26.3 Å². The van der Waals surface area contributed by atoms with Gasteiger partial charge < -0.3 is 10.2 Å². The number of benzene rings is 2. The van der Waals surface area contributed by atoms with E-state index in [2.05, 4.69) is 17.1 Å². The summed E-state index contributed by atoms with van der Waals surface area (Å²) in [4.78, 5) is 25.5. The largest absolute Gasteiger partial charge is 0.478 e. The zero-order valence-corrected chi connectivity index (χ0v) is 13.6. The lowest BCUT2D eigenvalue weighted by atomic mass is 10.0. The van der Waals surface area contributed by atoms with Gasteiger partial charge in [0.25, 0.3) is 0 Å². The summed E-state index contributed by atoms with van der Waals surface area (Å²) >= 11 is 0. The molecule has 1 heterocycles. The number of carbonyl (C=O) groups is 2. The van der Waals surface area contributed by atoms with Crippen molar-refractivity contribution in [2.75, 3.05) is 0 Å². The van der Waals surface area contributed by atoms with Crippen LogP contribution >= 0.6 is 0 Å². The molecule has 0 unspecified atom stereocenters. The molecule has 0 spiro atoms. The molecule has 0 fully saturated rings. The zero-order chi connectivity index (χ0) is 18.2. The minimum Gasteiger partial charge on any atom is -0.478 e. The van der Waals surface area contributed by atoms with Gasteiger partial charge in [-0.3, -0.25) is 4.98 Å². The highest BCUT2D eigenvalue weighted by molar-refractivity contribution is 5.96. The summed E-state index contributed by atoms with van der Waals surface area (Å²) in [5.74, 6) is -2.22. The van der Waals surface area contributed by atoms with E-state index in [1.165, 1.54) is 25.1 Å². The van der Waals surface area contributed by atoms with Gasteiger partial charge in [0.15, 0.2) is 0 Å². The van der Waals surface area contributed by atoms with E-state index in [1.54, 1.807) is 0 Å². The first-order chi connectivity index (χ1) is 12.0. The molecule has 0 bridgehead atoms. The highest BCUT2D eigenvalue weighted by Crippen LogP contribution is 2.14. The van der Waals surface area contributed by atoms with Crippen LogP contribution in [-0.2, 0) is 0 Å². The Morgan fingerprint density at radius 3 is 1.80 bits per heavy atom.